The molecule has 0 saturated heterocycles. The van der Waals surface area contributed by atoms with Crippen LogP contribution in [0.3, 0.4) is 0 Å². The summed E-state index contributed by atoms with van der Waals surface area (Å²) in [6.07, 6.45) is 2.99. The van der Waals surface area contributed by atoms with Gasteiger partial charge in [-0.1, -0.05) is 0 Å². The van der Waals surface area contributed by atoms with Gasteiger partial charge in [-0.3, -0.25) is 0 Å². The molecule has 4 heterocycles. The maximum Gasteiger partial charge on any atom is 0.357 e. The Kier molecular flexibility index (Phi) is 3.34. The van der Waals surface area contributed by atoms with Gasteiger partial charge in [0.05, 0.1) is 24.7 Å². The molecule has 0 N–H and O–H groups in total. The Morgan fingerprint density at radius 3 is 2.46 bits per heavy atom. The summed E-state index contributed by atoms with van der Waals surface area (Å²) in [5.74, 6) is 0.256. The highest BCUT2D eigenvalue weighted by Gasteiger charge is 2.27. The van der Waals surface area contributed by atoms with Gasteiger partial charge in [0.1, 0.15) is 11.5 Å². The molecule has 0 bridgehead atoms. The fourth-order valence-electron chi connectivity index (χ4n) is 2.43. The Labute approximate surface area is 135 Å². The fraction of sp³-hybridized carbons (Fsp3) is 0.125. The molecular formula is C16H11N3O5. The standard InChI is InChI=1S/C16H11N3O5/c1-2-21-16(20)14-11(9-5-3-7-22-9)13-15(19-24-18-13)12(17-14)10-6-4-8-23-10/h3-8H,2H2,1H3. The lowest BCUT2D eigenvalue weighted by atomic mass is 10.1. The minimum absolute atomic E-state index is 0.0569. The van der Waals surface area contributed by atoms with E-state index in [4.69, 9.17) is 18.2 Å². The van der Waals surface area contributed by atoms with E-state index in [2.05, 4.69) is 15.3 Å². The largest absolute Gasteiger partial charge is 0.464 e. The average molecular weight is 325 g/mol. The zero-order valence-electron chi connectivity index (χ0n) is 12.6. The smallest absolute Gasteiger partial charge is 0.357 e. The first kappa shape index (κ1) is 14.2. The maximum absolute atomic E-state index is 12.4. The zero-order valence-corrected chi connectivity index (χ0v) is 12.6. The van der Waals surface area contributed by atoms with E-state index >= 15 is 0 Å². The Morgan fingerprint density at radius 2 is 1.79 bits per heavy atom. The lowest BCUT2D eigenvalue weighted by Crippen LogP contribution is -2.10. The third kappa shape index (κ3) is 2.16. The third-order valence-electron chi connectivity index (χ3n) is 3.40. The van der Waals surface area contributed by atoms with Crippen molar-refractivity contribution in [3.63, 3.8) is 0 Å². The highest BCUT2D eigenvalue weighted by atomic mass is 16.6. The van der Waals surface area contributed by atoms with Crippen molar-refractivity contribution in [1.82, 2.24) is 15.3 Å². The molecule has 0 spiro atoms. The second kappa shape index (κ2) is 5.65. The highest BCUT2D eigenvalue weighted by Crippen LogP contribution is 2.35. The predicted molar refractivity (Wildman–Crippen MR) is 81.0 cm³/mol. The SMILES string of the molecule is CCOC(=O)c1nc(-c2ccco2)c2nonc2c1-c1ccco1. The Balaban J connectivity index is 2.06. The number of carbonyl (C=O) groups excluding carboxylic acids is 1. The number of nitrogens with zero attached hydrogens (tertiary/aromatic N) is 3. The number of hydrogen-bond acceptors (Lipinski definition) is 8. The topological polar surface area (TPSA) is 104 Å². The summed E-state index contributed by atoms with van der Waals surface area (Å²) in [7, 11) is 0. The van der Waals surface area contributed by atoms with E-state index < -0.39 is 5.97 Å². The van der Waals surface area contributed by atoms with Crippen molar-refractivity contribution in [2.75, 3.05) is 6.61 Å². The van der Waals surface area contributed by atoms with Crippen molar-refractivity contribution in [3.05, 3.63) is 42.5 Å². The Bertz CT molecular complexity index is 987. The van der Waals surface area contributed by atoms with Crippen molar-refractivity contribution in [1.29, 1.82) is 0 Å². The average Bonchev–Trinajstić information content (AvgIpc) is 3.34. The first-order valence-electron chi connectivity index (χ1n) is 7.20. The van der Waals surface area contributed by atoms with Crippen molar-refractivity contribution >= 4 is 17.0 Å². The minimum Gasteiger partial charge on any atom is -0.464 e. The number of hydrogen-bond donors (Lipinski definition) is 0. The van der Waals surface area contributed by atoms with Crippen LogP contribution in [0.1, 0.15) is 17.4 Å². The van der Waals surface area contributed by atoms with Crippen molar-refractivity contribution in [2.45, 2.75) is 6.92 Å². The molecule has 4 aromatic rings. The number of esters is 1. The van der Waals surface area contributed by atoms with E-state index in [1.54, 1.807) is 31.2 Å². The third-order valence-corrected chi connectivity index (χ3v) is 3.40. The van der Waals surface area contributed by atoms with Crippen LogP contribution in [0.4, 0.5) is 0 Å². The highest BCUT2D eigenvalue weighted by molar-refractivity contribution is 6.06. The summed E-state index contributed by atoms with van der Waals surface area (Å²) >= 11 is 0. The van der Waals surface area contributed by atoms with E-state index in [0.29, 0.717) is 33.8 Å². The summed E-state index contributed by atoms with van der Waals surface area (Å²) in [6.45, 7) is 1.93. The summed E-state index contributed by atoms with van der Waals surface area (Å²) < 4.78 is 20.8. The molecule has 0 radical (unpaired) electrons. The molecule has 24 heavy (non-hydrogen) atoms. The molecule has 0 atom stereocenters. The van der Waals surface area contributed by atoms with Crippen molar-refractivity contribution < 1.29 is 23.0 Å². The van der Waals surface area contributed by atoms with Gasteiger partial charge in [0.15, 0.2) is 22.5 Å². The number of aromatic nitrogens is 3. The number of ether oxygens (including phenoxy) is 1. The molecule has 0 fully saturated rings. The lowest BCUT2D eigenvalue weighted by molar-refractivity contribution is 0.0520. The lowest BCUT2D eigenvalue weighted by Gasteiger charge is -2.08. The fourth-order valence-corrected chi connectivity index (χ4v) is 2.43. The molecule has 4 aromatic heterocycles. The van der Waals surface area contributed by atoms with Crippen molar-refractivity contribution in [3.8, 4) is 22.8 Å². The summed E-state index contributed by atoms with van der Waals surface area (Å²) in [4.78, 5) is 16.8. The van der Waals surface area contributed by atoms with Crippen LogP contribution in [0.15, 0.2) is 50.3 Å². The molecule has 120 valence electrons. The van der Waals surface area contributed by atoms with Crippen LogP contribution in [0.25, 0.3) is 33.8 Å². The molecule has 0 aliphatic rings. The molecule has 0 aliphatic carbocycles. The van der Waals surface area contributed by atoms with Gasteiger partial charge in [-0.2, -0.15) is 0 Å². The summed E-state index contributed by atoms with van der Waals surface area (Å²) in [5, 5.41) is 7.80. The monoisotopic (exact) mass is 325 g/mol. The van der Waals surface area contributed by atoms with Gasteiger partial charge < -0.3 is 13.6 Å². The van der Waals surface area contributed by atoms with E-state index in [1.807, 2.05) is 0 Å². The summed E-state index contributed by atoms with van der Waals surface area (Å²) in [6, 6.07) is 6.81. The molecule has 4 rings (SSSR count). The van der Waals surface area contributed by atoms with Gasteiger partial charge in [0.2, 0.25) is 0 Å². The quantitative estimate of drug-likeness (QED) is 0.526. The van der Waals surface area contributed by atoms with Crippen LogP contribution >= 0.6 is 0 Å². The maximum atomic E-state index is 12.4. The number of fused-ring (bicyclic) bond motifs is 1. The van der Waals surface area contributed by atoms with Gasteiger partial charge in [-0.25, -0.2) is 14.4 Å². The molecule has 0 amide bonds. The molecule has 0 saturated carbocycles. The first-order chi connectivity index (χ1) is 11.8. The molecule has 8 nitrogen and oxygen atoms in total. The normalized spacial score (nSPS) is 11.0. The van der Waals surface area contributed by atoms with Crippen LogP contribution in [0.2, 0.25) is 0 Å². The Morgan fingerprint density at radius 1 is 1.08 bits per heavy atom. The number of pyridine rings is 1. The van der Waals surface area contributed by atoms with Crippen LogP contribution in [0.5, 0.6) is 0 Å². The van der Waals surface area contributed by atoms with Crippen LogP contribution in [0, 0.1) is 0 Å². The van der Waals surface area contributed by atoms with Crippen LogP contribution in [-0.2, 0) is 4.74 Å². The molecule has 0 aliphatic heterocycles. The van der Waals surface area contributed by atoms with Gasteiger partial charge in [0.25, 0.3) is 0 Å². The number of furan rings is 2. The van der Waals surface area contributed by atoms with Gasteiger partial charge in [0, 0.05) is 0 Å². The van der Waals surface area contributed by atoms with Crippen LogP contribution in [-0.4, -0.2) is 27.9 Å². The van der Waals surface area contributed by atoms with E-state index in [1.165, 1.54) is 12.5 Å². The minimum atomic E-state index is -0.596. The Hall–Kier alpha value is -3.42. The van der Waals surface area contributed by atoms with E-state index in [9.17, 15) is 4.79 Å². The zero-order chi connectivity index (χ0) is 16.5. The van der Waals surface area contributed by atoms with Crippen LogP contribution < -0.4 is 0 Å². The predicted octanol–water partition coefficient (Wildman–Crippen LogP) is 3.31. The molecule has 8 heteroatoms. The van der Waals surface area contributed by atoms with E-state index in [0.717, 1.165) is 0 Å². The van der Waals surface area contributed by atoms with Gasteiger partial charge in [-0.15, -0.1) is 0 Å². The molecular weight excluding hydrogens is 314 g/mol. The number of carbonyl (C=O) groups is 1. The van der Waals surface area contributed by atoms with Gasteiger partial charge in [-0.05, 0) is 41.5 Å². The first-order valence-corrected chi connectivity index (χ1v) is 7.20. The van der Waals surface area contributed by atoms with Crippen molar-refractivity contribution in [2.24, 2.45) is 0 Å². The number of rotatable bonds is 4. The van der Waals surface area contributed by atoms with E-state index in [-0.39, 0.29) is 12.3 Å². The molecule has 0 aromatic carbocycles. The summed E-state index contributed by atoms with van der Waals surface area (Å²) in [5.41, 5.74) is 1.47. The second-order valence-electron chi connectivity index (χ2n) is 4.82. The van der Waals surface area contributed by atoms with Gasteiger partial charge >= 0.3 is 5.97 Å². The molecule has 0 unspecified atom stereocenters. The second-order valence-corrected chi connectivity index (χ2v) is 4.82.